The van der Waals surface area contributed by atoms with Crippen LogP contribution >= 0.6 is 11.3 Å². The molecule has 3 aromatic rings. The zero-order valence-electron chi connectivity index (χ0n) is 18.1. The maximum atomic E-state index is 13.7. The first-order valence-corrected chi connectivity index (χ1v) is 11.2. The fraction of sp³-hybridized carbons (Fsp3) is 0.348. The van der Waals surface area contributed by atoms with Crippen LogP contribution in [0.15, 0.2) is 42.5 Å². The third kappa shape index (κ3) is 4.74. The van der Waals surface area contributed by atoms with E-state index in [1.54, 1.807) is 36.3 Å². The highest BCUT2D eigenvalue weighted by Gasteiger charge is 2.26. The van der Waals surface area contributed by atoms with Crippen LogP contribution in [0.5, 0.6) is 5.75 Å². The van der Waals surface area contributed by atoms with Crippen LogP contribution in [0.3, 0.4) is 0 Å². The smallest absolute Gasteiger partial charge is 0.338 e. The second kappa shape index (κ2) is 10.1. The molecule has 4 rings (SSSR count). The summed E-state index contributed by atoms with van der Waals surface area (Å²) in [5.41, 5.74) is 1.28. The van der Waals surface area contributed by atoms with E-state index in [1.165, 1.54) is 18.4 Å². The van der Waals surface area contributed by atoms with Crippen molar-refractivity contribution in [2.45, 2.75) is 0 Å². The Morgan fingerprint density at radius 3 is 2.59 bits per heavy atom. The second-order valence-electron chi connectivity index (χ2n) is 7.28. The number of nitrogens with zero attached hydrogens (tertiary/aromatic N) is 3. The third-order valence-corrected chi connectivity index (χ3v) is 6.43. The van der Waals surface area contributed by atoms with Crippen molar-refractivity contribution in [3.8, 4) is 5.75 Å². The fourth-order valence-corrected chi connectivity index (χ4v) is 4.56. The average Bonchev–Trinajstić information content (AvgIpc) is 3.27. The van der Waals surface area contributed by atoms with Crippen molar-refractivity contribution in [2.24, 2.45) is 0 Å². The van der Waals surface area contributed by atoms with Gasteiger partial charge in [0.05, 0.1) is 48.8 Å². The summed E-state index contributed by atoms with van der Waals surface area (Å²) in [6.07, 6.45) is 0. The number of hydrogen-bond acceptors (Lipinski definition) is 8. The van der Waals surface area contributed by atoms with Gasteiger partial charge in [-0.3, -0.25) is 14.6 Å². The van der Waals surface area contributed by atoms with Gasteiger partial charge in [0.1, 0.15) is 5.75 Å². The summed E-state index contributed by atoms with van der Waals surface area (Å²) in [6.45, 7) is 4.11. The first-order chi connectivity index (χ1) is 15.6. The summed E-state index contributed by atoms with van der Waals surface area (Å²) >= 11 is 1.43. The standard InChI is InChI=1S/C23H25N3O5S/c1-29-16-7-8-20-19(15-16)24-23(32-20)26(10-9-25-11-13-31-14-12-25)21(27)17-5-3-4-6-18(17)22(28)30-2/h3-8,15H,9-14H2,1-2H3. The van der Waals surface area contributed by atoms with Crippen molar-refractivity contribution in [3.05, 3.63) is 53.6 Å². The van der Waals surface area contributed by atoms with Crippen LogP contribution in [-0.4, -0.2) is 75.4 Å². The number of thiazole rings is 1. The summed E-state index contributed by atoms with van der Waals surface area (Å²) in [4.78, 5) is 34.6. The number of ether oxygens (including phenoxy) is 3. The largest absolute Gasteiger partial charge is 0.497 e. The molecule has 1 fully saturated rings. The molecule has 0 aliphatic carbocycles. The Labute approximate surface area is 190 Å². The maximum Gasteiger partial charge on any atom is 0.338 e. The number of benzene rings is 2. The van der Waals surface area contributed by atoms with Crippen molar-refractivity contribution in [2.75, 3.05) is 58.5 Å². The first-order valence-electron chi connectivity index (χ1n) is 10.3. The van der Waals surface area contributed by atoms with Gasteiger partial charge in [-0.1, -0.05) is 23.5 Å². The van der Waals surface area contributed by atoms with Crippen LogP contribution in [0.4, 0.5) is 5.13 Å². The molecule has 32 heavy (non-hydrogen) atoms. The highest BCUT2D eigenvalue weighted by molar-refractivity contribution is 7.22. The topological polar surface area (TPSA) is 81.2 Å². The second-order valence-corrected chi connectivity index (χ2v) is 8.29. The number of aromatic nitrogens is 1. The Morgan fingerprint density at radius 2 is 1.88 bits per heavy atom. The molecule has 1 saturated heterocycles. The minimum Gasteiger partial charge on any atom is -0.497 e. The summed E-state index contributed by atoms with van der Waals surface area (Å²) < 4.78 is 16.6. The molecule has 1 amide bonds. The minimum atomic E-state index is -0.545. The summed E-state index contributed by atoms with van der Waals surface area (Å²) in [5, 5.41) is 0.575. The first kappa shape index (κ1) is 22.2. The molecule has 2 aromatic carbocycles. The Morgan fingerprint density at radius 1 is 1.12 bits per heavy atom. The Balaban J connectivity index is 1.69. The molecule has 0 radical (unpaired) electrons. The monoisotopic (exact) mass is 455 g/mol. The molecule has 168 valence electrons. The van der Waals surface area contributed by atoms with Crippen molar-refractivity contribution >= 4 is 38.6 Å². The lowest BCUT2D eigenvalue weighted by molar-refractivity contribution is 0.0390. The van der Waals surface area contributed by atoms with Crippen LogP contribution in [0, 0.1) is 0 Å². The van der Waals surface area contributed by atoms with Gasteiger partial charge in [0.15, 0.2) is 5.13 Å². The Hall–Kier alpha value is -3.01. The molecule has 1 aliphatic rings. The molecule has 0 spiro atoms. The van der Waals surface area contributed by atoms with Gasteiger partial charge in [-0.15, -0.1) is 0 Å². The third-order valence-electron chi connectivity index (χ3n) is 5.37. The Bertz CT molecular complexity index is 1110. The highest BCUT2D eigenvalue weighted by atomic mass is 32.1. The Kier molecular flexibility index (Phi) is 6.99. The van der Waals surface area contributed by atoms with Crippen molar-refractivity contribution in [1.29, 1.82) is 0 Å². The highest BCUT2D eigenvalue weighted by Crippen LogP contribution is 2.32. The number of fused-ring (bicyclic) bond motifs is 1. The molecule has 2 heterocycles. The number of morpholine rings is 1. The molecular formula is C23H25N3O5S. The number of methoxy groups -OCH3 is 2. The fourth-order valence-electron chi connectivity index (χ4n) is 3.59. The van der Waals surface area contributed by atoms with Gasteiger partial charge in [0.25, 0.3) is 5.91 Å². The lowest BCUT2D eigenvalue weighted by Crippen LogP contribution is -2.43. The lowest BCUT2D eigenvalue weighted by atomic mass is 10.1. The number of anilines is 1. The van der Waals surface area contributed by atoms with E-state index in [0.717, 1.165) is 23.3 Å². The zero-order chi connectivity index (χ0) is 22.5. The van der Waals surface area contributed by atoms with Gasteiger partial charge in [-0.2, -0.15) is 0 Å². The van der Waals surface area contributed by atoms with E-state index in [1.807, 2.05) is 18.2 Å². The van der Waals surface area contributed by atoms with Crippen LogP contribution in [0.1, 0.15) is 20.7 Å². The maximum absolute atomic E-state index is 13.7. The molecule has 0 saturated carbocycles. The van der Waals surface area contributed by atoms with Crippen LogP contribution in [0.25, 0.3) is 10.2 Å². The van der Waals surface area contributed by atoms with E-state index >= 15 is 0 Å². The average molecular weight is 456 g/mol. The van der Waals surface area contributed by atoms with Crippen molar-refractivity contribution < 1.29 is 23.8 Å². The quantitative estimate of drug-likeness (QED) is 0.507. The minimum absolute atomic E-state index is 0.235. The number of amides is 1. The molecule has 8 nitrogen and oxygen atoms in total. The van der Waals surface area contributed by atoms with Crippen molar-refractivity contribution in [1.82, 2.24) is 9.88 Å². The number of carbonyl (C=O) groups excluding carboxylic acids is 2. The number of hydrogen-bond donors (Lipinski definition) is 0. The predicted octanol–water partition coefficient (Wildman–Crippen LogP) is 3.07. The summed E-state index contributed by atoms with van der Waals surface area (Å²) in [7, 11) is 2.91. The van der Waals surface area contributed by atoms with Crippen LogP contribution in [0.2, 0.25) is 0 Å². The summed E-state index contributed by atoms with van der Waals surface area (Å²) in [5.74, 6) is -0.127. The van der Waals surface area contributed by atoms with Crippen LogP contribution < -0.4 is 9.64 Å². The number of rotatable bonds is 7. The normalized spacial score (nSPS) is 14.3. The zero-order valence-corrected chi connectivity index (χ0v) is 18.9. The SMILES string of the molecule is COC(=O)c1ccccc1C(=O)N(CCN1CCOCC1)c1nc2cc(OC)ccc2s1. The lowest BCUT2D eigenvalue weighted by Gasteiger charge is -2.29. The molecule has 0 N–H and O–H groups in total. The van der Waals surface area contributed by atoms with Gasteiger partial charge in [-0.05, 0) is 24.3 Å². The number of esters is 1. The molecule has 1 aliphatic heterocycles. The van der Waals surface area contributed by atoms with E-state index in [-0.39, 0.29) is 17.0 Å². The van der Waals surface area contributed by atoms with Crippen LogP contribution in [-0.2, 0) is 9.47 Å². The molecule has 1 aromatic heterocycles. The van der Waals surface area contributed by atoms with E-state index < -0.39 is 5.97 Å². The van der Waals surface area contributed by atoms with Gasteiger partial charge >= 0.3 is 5.97 Å². The van der Waals surface area contributed by atoms with Gasteiger partial charge < -0.3 is 14.2 Å². The van der Waals surface area contributed by atoms with Gasteiger partial charge in [0.2, 0.25) is 0 Å². The summed E-state index contributed by atoms with van der Waals surface area (Å²) in [6, 6.07) is 12.4. The molecule has 0 unspecified atom stereocenters. The molecule has 0 bridgehead atoms. The molecule has 9 heteroatoms. The molecular weight excluding hydrogens is 430 g/mol. The van der Waals surface area contributed by atoms with E-state index in [0.29, 0.717) is 37.2 Å². The van der Waals surface area contributed by atoms with Gasteiger partial charge in [-0.25, -0.2) is 9.78 Å². The molecule has 0 atom stereocenters. The van der Waals surface area contributed by atoms with Gasteiger partial charge in [0, 0.05) is 32.2 Å². The van der Waals surface area contributed by atoms with E-state index in [9.17, 15) is 9.59 Å². The predicted molar refractivity (Wildman–Crippen MR) is 123 cm³/mol. The number of carbonyl (C=O) groups is 2. The van der Waals surface area contributed by atoms with E-state index in [2.05, 4.69) is 4.90 Å². The van der Waals surface area contributed by atoms with E-state index in [4.69, 9.17) is 19.2 Å². The van der Waals surface area contributed by atoms with Crippen molar-refractivity contribution in [3.63, 3.8) is 0 Å².